The number of hydrogen-bond acceptors (Lipinski definition) is 3. The van der Waals surface area contributed by atoms with E-state index in [4.69, 9.17) is 0 Å². The Bertz CT molecular complexity index is 1150. The summed E-state index contributed by atoms with van der Waals surface area (Å²) >= 11 is 3.16. The van der Waals surface area contributed by atoms with Gasteiger partial charge in [-0.3, -0.25) is 18.7 Å². The topological polar surface area (TPSA) is 73.1 Å². The zero-order valence-corrected chi connectivity index (χ0v) is 16.8. The van der Waals surface area contributed by atoms with E-state index < -0.39 is 17.4 Å². The highest BCUT2D eigenvalue weighted by atomic mass is 79.9. The summed E-state index contributed by atoms with van der Waals surface area (Å²) in [5.74, 6) is -1.15. The Kier molecular flexibility index (Phi) is 6.08. The van der Waals surface area contributed by atoms with Gasteiger partial charge in [0.25, 0.3) is 5.56 Å². The van der Waals surface area contributed by atoms with Gasteiger partial charge in [0.15, 0.2) is 0 Å². The number of halogens is 2. The molecule has 0 unspecified atom stereocenters. The average Bonchev–Trinajstić information content (AvgIpc) is 2.67. The summed E-state index contributed by atoms with van der Waals surface area (Å²) in [6, 6.07) is 10.9. The molecule has 1 amide bonds. The standard InChI is InChI=1S/C20H19BrFN3O3/c1-2-3-10-24-19(27)14-6-4-5-7-17(14)25(20(24)28)12-18(26)23-16-9-8-13(21)11-15(16)22/h4-9,11H,2-3,10,12H2,1H3,(H,23,26). The lowest BCUT2D eigenvalue weighted by atomic mass is 10.2. The molecular weight excluding hydrogens is 429 g/mol. The molecule has 3 rings (SSSR count). The molecule has 3 aromatic rings. The van der Waals surface area contributed by atoms with Crippen LogP contribution in [0.25, 0.3) is 10.9 Å². The summed E-state index contributed by atoms with van der Waals surface area (Å²) in [6.07, 6.45) is 1.49. The fourth-order valence-electron chi connectivity index (χ4n) is 2.96. The van der Waals surface area contributed by atoms with Gasteiger partial charge in [0.05, 0.1) is 16.6 Å². The third-order valence-electron chi connectivity index (χ3n) is 4.37. The van der Waals surface area contributed by atoms with E-state index in [1.54, 1.807) is 30.3 Å². The Morgan fingerprint density at radius 2 is 1.89 bits per heavy atom. The lowest BCUT2D eigenvalue weighted by molar-refractivity contribution is -0.116. The maximum Gasteiger partial charge on any atom is 0.331 e. The van der Waals surface area contributed by atoms with E-state index >= 15 is 0 Å². The second-order valence-corrected chi connectivity index (χ2v) is 7.28. The number of hydrogen-bond donors (Lipinski definition) is 1. The maximum absolute atomic E-state index is 14.0. The summed E-state index contributed by atoms with van der Waals surface area (Å²) in [6.45, 7) is 1.91. The fraction of sp³-hybridized carbons (Fsp3) is 0.250. The van der Waals surface area contributed by atoms with Crippen LogP contribution in [-0.2, 0) is 17.9 Å². The van der Waals surface area contributed by atoms with E-state index in [-0.39, 0.29) is 24.3 Å². The number of carbonyl (C=O) groups excluding carboxylic acids is 1. The van der Waals surface area contributed by atoms with E-state index in [0.29, 0.717) is 21.8 Å². The average molecular weight is 448 g/mol. The molecule has 0 aliphatic carbocycles. The Morgan fingerprint density at radius 3 is 2.61 bits per heavy atom. The molecular formula is C20H19BrFN3O3. The van der Waals surface area contributed by atoms with Gasteiger partial charge in [-0.2, -0.15) is 0 Å². The van der Waals surface area contributed by atoms with Gasteiger partial charge in [-0.05, 0) is 36.8 Å². The number of nitrogens with zero attached hydrogens (tertiary/aromatic N) is 2. The highest BCUT2D eigenvalue weighted by molar-refractivity contribution is 9.10. The Hall–Kier alpha value is -2.74. The van der Waals surface area contributed by atoms with Crippen molar-refractivity contribution in [3.8, 4) is 0 Å². The maximum atomic E-state index is 14.0. The second kappa shape index (κ2) is 8.52. The number of rotatable bonds is 6. The monoisotopic (exact) mass is 447 g/mol. The Morgan fingerprint density at radius 1 is 1.14 bits per heavy atom. The van der Waals surface area contributed by atoms with Crippen molar-refractivity contribution in [3.63, 3.8) is 0 Å². The minimum absolute atomic E-state index is 0.0184. The highest BCUT2D eigenvalue weighted by Crippen LogP contribution is 2.19. The van der Waals surface area contributed by atoms with Crippen molar-refractivity contribution >= 4 is 38.4 Å². The molecule has 0 atom stereocenters. The molecule has 0 aliphatic rings. The van der Waals surface area contributed by atoms with Crippen LogP contribution in [0.3, 0.4) is 0 Å². The molecule has 0 radical (unpaired) electrons. The minimum atomic E-state index is -0.590. The number of para-hydroxylation sites is 1. The van der Waals surface area contributed by atoms with Gasteiger partial charge in [0.1, 0.15) is 12.4 Å². The van der Waals surface area contributed by atoms with E-state index in [1.807, 2.05) is 6.92 Å². The van der Waals surface area contributed by atoms with E-state index in [0.717, 1.165) is 11.0 Å². The molecule has 0 saturated carbocycles. The molecule has 146 valence electrons. The van der Waals surface area contributed by atoms with Crippen molar-refractivity contribution < 1.29 is 9.18 Å². The van der Waals surface area contributed by atoms with Gasteiger partial charge >= 0.3 is 5.69 Å². The van der Waals surface area contributed by atoms with Crippen LogP contribution in [0.5, 0.6) is 0 Å². The molecule has 1 N–H and O–H groups in total. The van der Waals surface area contributed by atoms with Crippen LogP contribution in [0.1, 0.15) is 19.8 Å². The molecule has 8 heteroatoms. The SMILES string of the molecule is CCCCn1c(=O)c2ccccc2n(CC(=O)Nc2ccc(Br)cc2F)c1=O. The number of anilines is 1. The largest absolute Gasteiger partial charge is 0.331 e. The summed E-state index contributed by atoms with van der Waals surface area (Å²) in [5, 5.41) is 2.84. The number of nitrogens with one attached hydrogen (secondary N) is 1. The molecule has 1 heterocycles. The molecule has 6 nitrogen and oxygen atoms in total. The van der Waals surface area contributed by atoms with Crippen LogP contribution >= 0.6 is 15.9 Å². The molecule has 0 bridgehead atoms. The number of amides is 1. The highest BCUT2D eigenvalue weighted by Gasteiger charge is 2.16. The quantitative estimate of drug-likeness (QED) is 0.628. The first kappa shape index (κ1) is 20.0. The van der Waals surface area contributed by atoms with Gasteiger partial charge in [-0.25, -0.2) is 9.18 Å². The van der Waals surface area contributed by atoms with Crippen molar-refractivity contribution in [2.24, 2.45) is 0 Å². The van der Waals surface area contributed by atoms with Crippen LogP contribution in [0.2, 0.25) is 0 Å². The zero-order valence-electron chi connectivity index (χ0n) is 15.2. The predicted octanol–water partition coefficient (Wildman–Crippen LogP) is 3.50. The summed E-state index contributed by atoms with van der Waals surface area (Å²) in [4.78, 5) is 38.0. The third kappa shape index (κ3) is 4.06. The van der Waals surface area contributed by atoms with Gasteiger partial charge in [0.2, 0.25) is 5.91 Å². The lowest BCUT2D eigenvalue weighted by Crippen LogP contribution is -2.41. The predicted molar refractivity (Wildman–Crippen MR) is 110 cm³/mol. The number of benzene rings is 2. The van der Waals surface area contributed by atoms with E-state index in [9.17, 15) is 18.8 Å². The third-order valence-corrected chi connectivity index (χ3v) is 4.87. The number of carbonyl (C=O) groups is 1. The molecule has 0 fully saturated rings. The van der Waals surface area contributed by atoms with Crippen molar-refractivity contribution in [3.05, 3.63) is 73.6 Å². The van der Waals surface area contributed by atoms with Crippen molar-refractivity contribution in [1.82, 2.24) is 9.13 Å². The van der Waals surface area contributed by atoms with Crippen molar-refractivity contribution in [1.29, 1.82) is 0 Å². The molecule has 28 heavy (non-hydrogen) atoms. The normalized spacial score (nSPS) is 11.0. The molecule has 0 aliphatic heterocycles. The Balaban J connectivity index is 2.01. The first-order chi connectivity index (χ1) is 13.4. The van der Waals surface area contributed by atoms with Crippen LogP contribution in [0.4, 0.5) is 10.1 Å². The smallest absolute Gasteiger partial charge is 0.322 e. The van der Waals surface area contributed by atoms with Crippen LogP contribution in [-0.4, -0.2) is 15.0 Å². The van der Waals surface area contributed by atoms with E-state index in [2.05, 4.69) is 21.2 Å². The summed E-state index contributed by atoms with van der Waals surface area (Å²) in [7, 11) is 0. The van der Waals surface area contributed by atoms with Crippen LogP contribution in [0.15, 0.2) is 56.5 Å². The fourth-order valence-corrected chi connectivity index (χ4v) is 3.29. The molecule has 0 saturated heterocycles. The minimum Gasteiger partial charge on any atom is -0.322 e. The second-order valence-electron chi connectivity index (χ2n) is 6.37. The molecule has 2 aromatic carbocycles. The Labute approximate surface area is 168 Å². The lowest BCUT2D eigenvalue weighted by Gasteiger charge is -2.14. The summed E-state index contributed by atoms with van der Waals surface area (Å²) < 4.78 is 16.9. The zero-order chi connectivity index (χ0) is 20.3. The van der Waals surface area contributed by atoms with Gasteiger partial charge < -0.3 is 5.32 Å². The number of fused-ring (bicyclic) bond motifs is 1. The number of unbranched alkanes of at least 4 members (excludes halogenated alkanes) is 1. The van der Waals surface area contributed by atoms with Crippen molar-refractivity contribution in [2.45, 2.75) is 32.9 Å². The van der Waals surface area contributed by atoms with Gasteiger partial charge in [-0.15, -0.1) is 0 Å². The first-order valence-electron chi connectivity index (χ1n) is 8.89. The number of aromatic nitrogens is 2. The van der Waals surface area contributed by atoms with Crippen LogP contribution in [0, 0.1) is 5.82 Å². The van der Waals surface area contributed by atoms with Gasteiger partial charge in [0, 0.05) is 11.0 Å². The van der Waals surface area contributed by atoms with E-state index in [1.165, 1.54) is 16.7 Å². The summed E-state index contributed by atoms with van der Waals surface area (Å²) in [5.41, 5.74) is -0.533. The molecule has 0 spiro atoms. The van der Waals surface area contributed by atoms with Crippen molar-refractivity contribution in [2.75, 3.05) is 5.32 Å². The molecule has 1 aromatic heterocycles. The van der Waals surface area contributed by atoms with Gasteiger partial charge in [-0.1, -0.05) is 41.4 Å². The van der Waals surface area contributed by atoms with Crippen LogP contribution < -0.4 is 16.6 Å². The first-order valence-corrected chi connectivity index (χ1v) is 9.69.